The molecule has 4 radical (unpaired) electrons. The predicted octanol–water partition coefficient (Wildman–Crippen LogP) is 12.1. The van der Waals surface area contributed by atoms with Crippen LogP contribution in [-0.2, 0) is 23.8 Å². The molecule has 5 unspecified atom stereocenters. The van der Waals surface area contributed by atoms with Gasteiger partial charge in [-0.05, 0) is 206 Å². The minimum atomic E-state index is -5.84. The number of hydrogen-bond acceptors (Lipinski definition) is 11. The first kappa shape index (κ1) is 79.1. The van der Waals surface area contributed by atoms with Gasteiger partial charge in [-0.2, -0.15) is 21.6 Å². The van der Waals surface area contributed by atoms with Crippen LogP contribution in [0.3, 0.4) is 0 Å². The number of alkyl halides is 3. The molecule has 5 atom stereocenters. The fraction of sp³-hybridized carbons (Fsp3) is 0.475. The summed E-state index contributed by atoms with van der Waals surface area (Å²) < 4.78 is 126. The molecule has 1 fully saturated rings. The molecule has 13 nitrogen and oxygen atoms in total. The van der Waals surface area contributed by atoms with E-state index in [0.717, 1.165) is 78.7 Å². The van der Waals surface area contributed by atoms with Crippen LogP contribution >= 0.6 is 46.4 Å². The van der Waals surface area contributed by atoms with E-state index in [1.165, 1.54) is 42.8 Å². The summed E-state index contributed by atoms with van der Waals surface area (Å²) >= 11 is 23.0. The molecule has 3 N–H and O–H groups in total. The predicted molar refractivity (Wildman–Crippen MR) is 326 cm³/mol. The molecule has 8 rings (SSSR count). The van der Waals surface area contributed by atoms with Crippen molar-refractivity contribution in [3.63, 3.8) is 0 Å². The van der Waals surface area contributed by atoms with Gasteiger partial charge in [-0.25, -0.2) is 32.1 Å². The third-order valence-corrected chi connectivity index (χ3v) is 14.4. The van der Waals surface area contributed by atoms with Gasteiger partial charge in [0.15, 0.2) is 0 Å². The summed E-state index contributed by atoms with van der Waals surface area (Å²) in [6.45, 7) is 20.8. The number of carbonyl (C=O) groups is 2. The number of allylic oxidation sites excluding steroid dienone is 2. The second kappa shape index (κ2) is 35.0. The maximum atomic E-state index is 13.6. The monoisotopic (exact) mass is 1330 g/mol. The molecule has 2 amide bonds. The quantitative estimate of drug-likeness (QED) is 0.0732. The van der Waals surface area contributed by atoms with Crippen molar-refractivity contribution in [2.45, 2.75) is 131 Å². The van der Waals surface area contributed by atoms with Crippen molar-refractivity contribution in [1.82, 2.24) is 15.1 Å². The van der Waals surface area contributed by atoms with Crippen LogP contribution < -0.4 is 40.3 Å². The molecule has 4 heterocycles. The van der Waals surface area contributed by atoms with Crippen LogP contribution in [0.1, 0.15) is 130 Å². The normalized spacial score (nSPS) is 19.4. The van der Waals surface area contributed by atoms with Gasteiger partial charge in [-0.15, -0.1) is 0 Å². The summed E-state index contributed by atoms with van der Waals surface area (Å²) in [6.07, 6.45) is 7.05. The maximum absolute atomic E-state index is 13.6. The van der Waals surface area contributed by atoms with Crippen LogP contribution in [0, 0.1) is 46.9 Å². The number of halogens is 11. The molecular weight excluding hydrogens is 1260 g/mol. The van der Waals surface area contributed by atoms with Gasteiger partial charge in [0.05, 0.1) is 5.70 Å². The Labute approximate surface area is 550 Å². The average molecular weight is 1330 g/mol. The second-order valence-electron chi connectivity index (χ2n) is 23.1. The molecule has 4 aliphatic rings. The molecule has 28 heteroatoms. The van der Waals surface area contributed by atoms with Crippen LogP contribution in [0.15, 0.2) is 95.8 Å². The SMILES string of the molecule is CC1CC=C(OS(=O)(=O)C(F)(F)F)N(C(=O)OC(C)(C)C)C1.CC1CC=C(c2cc(F)cc(Cl)c2)N(C(=O)OC(C)(C)C)C1.CC1CCC(c2cc(F)cc(Cl)c2)=NC1.CC1CCC(c2cc(F)cc(Cl)c2)NC1.OB(O)c1cc(F)cc(Cl)c1.[B-].[Na+]. The second-order valence-corrected chi connectivity index (χ2v) is 26.4. The summed E-state index contributed by atoms with van der Waals surface area (Å²) in [6, 6.07) is 17.3. The van der Waals surface area contributed by atoms with Gasteiger partial charge in [0, 0.05) is 57.0 Å². The van der Waals surface area contributed by atoms with Gasteiger partial charge >= 0.3 is 64.5 Å². The maximum Gasteiger partial charge on any atom is 1.00 e. The number of nitrogens with one attached hydrogen (secondary N) is 1. The van der Waals surface area contributed by atoms with Crippen LogP contribution in [0.4, 0.5) is 40.3 Å². The third kappa shape index (κ3) is 27.6. The van der Waals surface area contributed by atoms with E-state index in [4.69, 9.17) is 65.9 Å². The molecule has 1 saturated heterocycles. The van der Waals surface area contributed by atoms with E-state index in [-0.39, 0.29) is 85.0 Å². The summed E-state index contributed by atoms with van der Waals surface area (Å²) in [5.41, 5.74) is -2.98. The molecule has 472 valence electrons. The van der Waals surface area contributed by atoms with Crippen molar-refractivity contribution >= 4 is 101 Å². The van der Waals surface area contributed by atoms with Crippen molar-refractivity contribution in [2.75, 3.05) is 26.2 Å². The zero-order valence-corrected chi connectivity index (χ0v) is 56.2. The fourth-order valence-electron chi connectivity index (χ4n) is 8.54. The number of nitrogens with zero attached hydrogens (tertiary/aromatic N) is 3. The summed E-state index contributed by atoms with van der Waals surface area (Å²) in [7, 11) is -7.52. The van der Waals surface area contributed by atoms with Crippen LogP contribution in [0.25, 0.3) is 5.70 Å². The van der Waals surface area contributed by atoms with Crippen molar-refractivity contribution in [2.24, 2.45) is 28.7 Å². The minimum Gasteiger partial charge on any atom is -1.00 e. The van der Waals surface area contributed by atoms with Gasteiger partial charge < -0.3 is 37.4 Å². The van der Waals surface area contributed by atoms with Gasteiger partial charge in [0.1, 0.15) is 34.5 Å². The van der Waals surface area contributed by atoms with E-state index in [0.29, 0.717) is 50.6 Å². The molecule has 4 aromatic carbocycles. The first-order chi connectivity index (χ1) is 39.3. The molecule has 0 bridgehead atoms. The molecule has 0 spiro atoms. The standard InChI is InChI=1S/C17H21ClFNO2.C12H15ClFN.C12H13ClFN.C12H18F3NO5S.C6H5BClFO2.B.Na/c1-11-5-6-15(12-7-13(18)9-14(19)8-12)20(10-11)16(21)22-17(2,3)4;2*1-8-2-3-12(15-7-8)9-4-10(13)6-11(14)5-9;1-8-5-6-9(21-22(18,19)12(13,14)15)16(7-8)10(17)20-11(2,3)4;8-5-1-4(7(10)11)2-6(9)3-5;;/h6-9,11H,5,10H2,1-4H3;4-6,8,12,15H,2-3,7H2,1H3;4-6,8H,2-3,7H2,1H3;6,8H,5,7H2,1-4H3;1-3,10-11H;;/q;;;;;-1;+1. The molecule has 4 aliphatic heterocycles. The van der Waals surface area contributed by atoms with E-state index in [9.17, 15) is 48.7 Å². The molecule has 0 saturated carbocycles. The number of amides is 2. The Morgan fingerprint density at radius 2 is 1.10 bits per heavy atom. The Morgan fingerprint density at radius 1 is 0.632 bits per heavy atom. The smallest absolute Gasteiger partial charge is 1.00 e. The van der Waals surface area contributed by atoms with Gasteiger partial charge in [0.25, 0.3) is 0 Å². The van der Waals surface area contributed by atoms with Crippen LogP contribution in [0.2, 0.25) is 20.1 Å². The van der Waals surface area contributed by atoms with E-state index >= 15 is 0 Å². The Hall–Kier alpha value is -4.00. The largest absolute Gasteiger partial charge is 1.00 e. The minimum absolute atomic E-state index is 0. The molecular formula is C59H72B2Cl4F7N4NaO9S. The Balaban J connectivity index is 0.000000376. The summed E-state index contributed by atoms with van der Waals surface area (Å²) in [5.74, 6) is -0.648. The Bertz CT molecular complexity index is 3070. The Kier molecular flexibility index (Phi) is 31.8. The average Bonchev–Trinajstić information content (AvgIpc) is 1.24. The molecule has 87 heavy (non-hydrogen) atoms. The van der Waals surface area contributed by atoms with E-state index in [1.807, 2.05) is 32.9 Å². The van der Waals surface area contributed by atoms with Crippen LogP contribution in [-0.4, -0.2) is 105 Å². The van der Waals surface area contributed by atoms with E-state index < -0.39 is 63.7 Å². The van der Waals surface area contributed by atoms with Crippen molar-refractivity contribution < 1.29 is 102 Å². The Morgan fingerprint density at radius 3 is 1.56 bits per heavy atom. The summed E-state index contributed by atoms with van der Waals surface area (Å²) in [5, 5.41) is 22.0. The first-order valence-corrected chi connectivity index (χ1v) is 30.1. The van der Waals surface area contributed by atoms with Gasteiger partial charge in [-0.1, -0.05) is 80.2 Å². The van der Waals surface area contributed by atoms with Crippen molar-refractivity contribution in [1.29, 1.82) is 0 Å². The number of benzene rings is 4. The van der Waals surface area contributed by atoms with E-state index in [2.05, 4.69) is 35.3 Å². The molecule has 0 aromatic heterocycles. The zero-order chi connectivity index (χ0) is 63.9. The number of carbonyl (C=O) groups excluding carboxylic acids is 2. The van der Waals surface area contributed by atoms with Crippen LogP contribution in [0.5, 0.6) is 0 Å². The number of aliphatic imine (C=N–C) groups is 1. The number of ether oxygens (including phenoxy) is 2. The molecule has 4 aromatic rings. The third-order valence-electron chi connectivity index (χ3n) is 12.6. The first-order valence-electron chi connectivity index (χ1n) is 27.2. The number of piperidine rings is 1. The van der Waals surface area contributed by atoms with Crippen molar-refractivity contribution in [3.05, 3.63) is 151 Å². The number of rotatable bonds is 6. The van der Waals surface area contributed by atoms with E-state index in [1.54, 1.807) is 50.8 Å². The molecule has 0 aliphatic carbocycles. The summed E-state index contributed by atoms with van der Waals surface area (Å²) in [4.78, 5) is 31.2. The van der Waals surface area contributed by atoms with Gasteiger partial charge in [-0.3, -0.25) is 9.89 Å². The fourth-order valence-corrected chi connectivity index (χ4v) is 9.92. The zero-order valence-electron chi connectivity index (χ0n) is 50.4. The topological polar surface area (TPSA) is 167 Å². The van der Waals surface area contributed by atoms with Crippen molar-refractivity contribution in [3.8, 4) is 0 Å². The number of hydrogen-bond donors (Lipinski definition) is 3. The van der Waals surface area contributed by atoms with Gasteiger partial charge in [0.2, 0.25) is 5.88 Å².